The van der Waals surface area contributed by atoms with Crippen LogP contribution in [-0.4, -0.2) is 89.0 Å². The Balaban J connectivity index is 2.24. The highest BCUT2D eigenvalue weighted by atomic mass is 16.7. The van der Waals surface area contributed by atoms with Gasteiger partial charge in [-0.2, -0.15) is 0 Å². The van der Waals surface area contributed by atoms with Crippen molar-refractivity contribution in [2.45, 2.75) is 198 Å². The first kappa shape index (κ1) is 49.7. The molecule has 6 unspecified atom stereocenters. The molecule has 4 N–H and O–H groups in total. The predicted octanol–water partition coefficient (Wildman–Crippen LogP) is 8.49. The summed E-state index contributed by atoms with van der Waals surface area (Å²) in [5, 5.41) is 39.9. The Morgan fingerprint density at radius 3 is 1.65 bits per heavy atom. The maximum atomic E-state index is 12.7. The topological polar surface area (TPSA) is 152 Å². The molecule has 1 saturated heterocycles. The third-order valence-corrected chi connectivity index (χ3v) is 9.48. The summed E-state index contributed by atoms with van der Waals surface area (Å²) in [7, 11) is 0. The van der Waals surface area contributed by atoms with E-state index in [1.54, 1.807) is 0 Å². The van der Waals surface area contributed by atoms with Gasteiger partial charge in [-0.1, -0.05) is 146 Å². The summed E-state index contributed by atoms with van der Waals surface area (Å²) in [6, 6.07) is 0. The van der Waals surface area contributed by atoms with Crippen LogP contribution < -0.4 is 0 Å². The maximum Gasteiger partial charge on any atom is 0.306 e. The summed E-state index contributed by atoms with van der Waals surface area (Å²) < 4.78 is 22.0. The molecule has 1 aliphatic heterocycles. The summed E-state index contributed by atoms with van der Waals surface area (Å²) in [5.74, 6) is -0.823. The van der Waals surface area contributed by atoms with E-state index in [1.807, 2.05) is 0 Å². The van der Waals surface area contributed by atoms with Crippen LogP contribution in [0.3, 0.4) is 0 Å². The van der Waals surface area contributed by atoms with Crippen LogP contribution in [0, 0.1) is 0 Å². The first-order valence-corrected chi connectivity index (χ1v) is 21.2. The van der Waals surface area contributed by atoms with Crippen molar-refractivity contribution in [3.8, 4) is 0 Å². The van der Waals surface area contributed by atoms with Crippen LogP contribution in [0.1, 0.15) is 162 Å². The van der Waals surface area contributed by atoms with Crippen molar-refractivity contribution >= 4 is 11.9 Å². The Kier molecular flexibility index (Phi) is 32.3. The van der Waals surface area contributed by atoms with E-state index >= 15 is 0 Å². The molecule has 0 aromatic heterocycles. The fraction of sp³-hybridized carbons (Fsp3) is 0.773. The van der Waals surface area contributed by atoms with E-state index in [-0.39, 0.29) is 32.0 Å². The van der Waals surface area contributed by atoms with Gasteiger partial charge in [0, 0.05) is 12.8 Å². The number of carbonyl (C=O) groups excluding carboxylic acids is 2. The Morgan fingerprint density at radius 2 is 1.09 bits per heavy atom. The molecule has 0 aliphatic carbocycles. The zero-order valence-electron chi connectivity index (χ0n) is 33.7. The number of hydrogen-bond acceptors (Lipinski definition) is 10. The van der Waals surface area contributed by atoms with Gasteiger partial charge in [0.2, 0.25) is 0 Å². The third-order valence-electron chi connectivity index (χ3n) is 9.48. The molecule has 10 nitrogen and oxygen atoms in total. The number of unbranched alkanes of at least 4 members (excludes halogenated alkanes) is 15. The monoisotopic (exact) mass is 765 g/mol. The molecule has 312 valence electrons. The smallest absolute Gasteiger partial charge is 0.306 e. The number of carbonyl (C=O) groups is 2. The molecule has 0 aromatic rings. The van der Waals surface area contributed by atoms with Crippen molar-refractivity contribution in [2.24, 2.45) is 0 Å². The van der Waals surface area contributed by atoms with E-state index in [9.17, 15) is 30.0 Å². The lowest BCUT2D eigenvalue weighted by atomic mass is 9.99. The Morgan fingerprint density at radius 1 is 0.593 bits per heavy atom. The van der Waals surface area contributed by atoms with E-state index in [0.717, 1.165) is 83.5 Å². The normalized spacial score (nSPS) is 21.2. The van der Waals surface area contributed by atoms with Gasteiger partial charge in [-0.05, 0) is 51.4 Å². The molecule has 1 rings (SSSR count). The van der Waals surface area contributed by atoms with Gasteiger partial charge in [0.15, 0.2) is 12.4 Å². The molecular weight excluding hydrogens is 688 g/mol. The van der Waals surface area contributed by atoms with Gasteiger partial charge in [0.05, 0.1) is 13.2 Å². The van der Waals surface area contributed by atoms with Crippen LogP contribution in [0.4, 0.5) is 0 Å². The largest absolute Gasteiger partial charge is 0.462 e. The second-order valence-electron chi connectivity index (χ2n) is 14.4. The minimum absolute atomic E-state index is 0.220. The average Bonchev–Trinajstić information content (AvgIpc) is 3.17. The molecule has 1 heterocycles. The first-order valence-electron chi connectivity index (χ1n) is 21.2. The molecule has 10 heteroatoms. The van der Waals surface area contributed by atoms with Gasteiger partial charge in [-0.15, -0.1) is 0 Å². The van der Waals surface area contributed by atoms with E-state index in [2.05, 4.69) is 62.5 Å². The van der Waals surface area contributed by atoms with E-state index in [0.29, 0.717) is 6.42 Å². The fourth-order valence-electron chi connectivity index (χ4n) is 6.12. The van der Waals surface area contributed by atoms with Crippen LogP contribution in [-0.2, 0) is 28.5 Å². The highest BCUT2D eigenvalue weighted by molar-refractivity contribution is 5.70. The van der Waals surface area contributed by atoms with Crippen LogP contribution >= 0.6 is 0 Å². The fourth-order valence-corrected chi connectivity index (χ4v) is 6.12. The van der Waals surface area contributed by atoms with Crippen molar-refractivity contribution in [2.75, 3.05) is 19.8 Å². The zero-order chi connectivity index (χ0) is 39.5. The first-order chi connectivity index (χ1) is 26.3. The number of esters is 2. The molecule has 6 atom stereocenters. The summed E-state index contributed by atoms with van der Waals surface area (Å²) in [5.41, 5.74) is 0. The molecule has 0 radical (unpaired) electrons. The number of rotatable bonds is 34. The summed E-state index contributed by atoms with van der Waals surface area (Å²) in [6.45, 7) is 3.22. The minimum Gasteiger partial charge on any atom is -0.462 e. The molecule has 54 heavy (non-hydrogen) atoms. The van der Waals surface area contributed by atoms with Gasteiger partial charge in [-0.25, -0.2) is 0 Å². The standard InChI is InChI=1S/C44H76O10/c1-3-5-7-9-11-12-13-14-15-16-17-18-19-20-21-22-23-24-25-26-27-29-31-33-40(47)53-37(35-51-39(46)32-30-28-10-8-6-4-2)36-52-44-43(50)42(49)41(48)38(34-45)54-44/h5,7,11-12,14-15,17-18,37-38,41-45,48-50H,3-4,6,8-10,13,16,19-36H2,1-2H3/b7-5-,12-11-,15-14-,18-17-. The van der Waals surface area contributed by atoms with Gasteiger partial charge in [0.25, 0.3) is 0 Å². The summed E-state index contributed by atoms with van der Waals surface area (Å²) in [6.07, 6.45) is 33.0. The number of hydrogen-bond donors (Lipinski definition) is 4. The Labute approximate surface area is 327 Å². The summed E-state index contributed by atoms with van der Waals surface area (Å²) >= 11 is 0. The van der Waals surface area contributed by atoms with Crippen molar-refractivity contribution < 1.29 is 49.0 Å². The third kappa shape index (κ3) is 26.5. The summed E-state index contributed by atoms with van der Waals surface area (Å²) in [4.78, 5) is 25.1. The molecule has 0 bridgehead atoms. The minimum atomic E-state index is -1.59. The average molecular weight is 765 g/mol. The second-order valence-corrected chi connectivity index (χ2v) is 14.4. The van der Waals surface area contributed by atoms with Crippen LogP contribution in [0.2, 0.25) is 0 Å². The second kappa shape index (κ2) is 35.1. The molecule has 0 amide bonds. The highest BCUT2D eigenvalue weighted by Gasteiger charge is 2.44. The quantitative estimate of drug-likeness (QED) is 0.0285. The lowest BCUT2D eigenvalue weighted by Crippen LogP contribution is -2.59. The van der Waals surface area contributed by atoms with Gasteiger partial charge >= 0.3 is 11.9 Å². The highest BCUT2D eigenvalue weighted by Crippen LogP contribution is 2.22. The number of aliphatic hydroxyl groups excluding tert-OH is 4. The number of aliphatic hydroxyl groups is 4. The van der Waals surface area contributed by atoms with Gasteiger partial charge in [0.1, 0.15) is 31.0 Å². The van der Waals surface area contributed by atoms with Crippen molar-refractivity contribution in [3.63, 3.8) is 0 Å². The number of ether oxygens (including phenoxy) is 4. The van der Waals surface area contributed by atoms with E-state index in [1.165, 1.54) is 44.9 Å². The zero-order valence-corrected chi connectivity index (χ0v) is 33.7. The van der Waals surface area contributed by atoms with Gasteiger partial charge < -0.3 is 39.4 Å². The Hall–Kier alpha value is -2.34. The molecule has 0 spiro atoms. The Bertz CT molecular complexity index is 1020. The van der Waals surface area contributed by atoms with Crippen molar-refractivity contribution in [1.29, 1.82) is 0 Å². The van der Waals surface area contributed by atoms with E-state index < -0.39 is 49.4 Å². The van der Waals surface area contributed by atoms with Crippen molar-refractivity contribution in [3.05, 3.63) is 48.6 Å². The van der Waals surface area contributed by atoms with Crippen molar-refractivity contribution in [1.82, 2.24) is 0 Å². The van der Waals surface area contributed by atoms with Gasteiger partial charge in [-0.3, -0.25) is 9.59 Å². The van der Waals surface area contributed by atoms with Crippen LogP contribution in [0.25, 0.3) is 0 Å². The predicted molar refractivity (Wildman–Crippen MR) is 215 cm³/mol. The lowest BCUT2D eigenvalue weighted by molar-refractivity contribution is -0.305. The molecule has 0 aromatic carbocycles. The molecule has 1 aliphatic rings. The molecule has 1 fully saturated rings. The van der Waals surface area contributed by atoms with Crippen LogP contribution in [0.5, 0.6) is 0 Å². The van der Waals surface area contributed by atoms with Crippen LogP contribution in [0.15, 0.2) is 48.6 Å². The molecular formula is C44H76O10. The van der Waals surface area contributed by atoms with E-state index in [4.69, 9.17) is 18.9 Å². The lowest BCUT2D eigenvalue weighted by Gasteiger charge is -2.39. The maximum absolute atomic E-state index is 12.7. The SMILES string of the molecule is CC/C=C\C/C=C\C/C=C\C/C=C\CCCCCCCCCCCCC(=O)OC(COC(=O)CCCCCCCC)COC1OC(CO)C(O)C(O)C1O. The molecule has 0 saturated carbocycles. The number of allylic oxidation sites excluding steroid dienone is 8.